The lowest BCUT2D eigenvalue weighted by atomic mass is 9.51. The van der Waals surface area contributed by atoms with Crippen LogP contribution >= 0.6 is 21.6 Å². The molecule has 3 fully saturated rings. The predicted molar refractivity (Wildman–Crippen MR) is 110 cm³/mol. The zero-order valence-corrected chi connectivity index (χ0v) is 17.9. The van der Waals surface area contributed by atoms with Crippen LogP contribution in [0.3, 0.4) is 0 Å². The van der Waals surface area contributed by atoms with Crippen LogP contribution in [0.5, 0.6) is 0 Å². The van der Waals surface area contributed by atoms with Crippen molar-refractivity contribution < 1.29 is 9.66 Å². The third kappa shape index (κ3) is 4.01. The van der Waals surface area contributed by atoms with Gasteiger partial charge in [-0.1, -0.05) is 24.6 Å². The fourth-order valence-corrected chi connectivity index (χ4v) is 7.62. The van der Waals surface area contributed by atoms with Crippen molar-refractivity contribution >= 4 is 27.3 Å². The van der Waals surface area contributed by atoms with Gasteiger partial charge in [0.05, 0.1) is 16.6 Å². The number of rotatable bonds is 5. The molecule has 0 unspecified atom stereocenters. The Morgan fingerprint density at radius 1 is 1.30 bits per heavy atom. The highest BCUT2D eigenvalue weighted by molar-refractivity contribution is 8.76. The first-order valence-electron chi connectivity index (χ1n) is 9.86. The van der Waals surface area contributed by atoms with Gasteiger partial charge in [-0.2, -0.15) is 0 Å². The van der Waals surface area contributed by atoms with Crippen LogP contribution in [0.25, 0.3) is 0 Å². The summed E-state index contributed by atoms with van der Waals surface area (Å²) in [4.78, 5) is 14.5. The lowest BCUT2D eigenvalue weighted by molar-refractivity contribution is -0.385. The first-order chi connectivity index (χ1) is 12.8. The van der Waals surface area contributed by atoms with E-state index in [2.05, 4.69) is 25.8 Å². The SMILES string of the molecule is CC1(C)C[C@@H]2[C@H](CSSc3ccc([N+](=O)[O-])cn3)CC[C@H]3O[C@]3(C)CC[C@H]21. The van der Waals surface area contributed by atoms with Crippen LogP contribution in [0, 0.1) is 33.3 Å². The number of hydrogen-bond donors (Lipinski definition) is 0. The molecule has 2 aliphatic carbocycles. The summed E-state index contributed by atoms with van der Waals surface area (Å²) in [5.74, 6) is 3.49. The van der Waals surface area contributed by atoms with Gasteiger partial charge in [-0.15, -0.1) is 0 Å². The second-order valence-corrected chi connectivity index (χ2v) is 11.6. The summed E-state index contributed by atoms with van der Waals surface area (Å²) < 4.78 is 6.03. The van der Waals surface area contributed by atoms with E-state index in [1.54, 1.807) is 16.9 Å². The lowest BCUT2D eigenvalue weighted by Crippen LogP contribution is -2.48. The Balaban J connectivity index is 1.36. The molecular formula is C20H28N2O3S2. The van der Waals surface area contributed by atoms with Crippen LogP contribution in [-0.2, 0) is 4.74 Å². The van der Waals surface area contributed by atoms with Gasteiger partial charge >= 0.3 is 0 Å². The number of aromatic nitrogens is 1. The highest BCUT2D eigenvalue weighted by Gasteiger charge is 2.56. The molecule has 0 N–H and O–H groups in total. The molecule has 148 valence electrons. The molecule has 5 nitrogen and oxygen atoms in total. The van der Waals surface area contributed by atoms with E-state index in [9.17, 15) is 10.1 Å². The van der Waals surface area contributed by atoms with E-state index >= 15 is 0 Å². The normalized spacial score (nSPS) is 37.0. The third-order valence-electron chi connectivity index (χ3n) is 7.03. The smallest absolute Gasteiger partial charge is 0.287 e. The number of pyridine rings is 1. The quantitative estimate of drug-likeness (QED) is 0.268. The maximum Gasteiger partial charge on any atom is 0.287 e. The van der Waals surface area contributed by atoms with E-state index in [1.165, 1.54) is 44.4 Å². The number of fused-ring (bicyclic) bond motifs is 2. The molecule has 27 heavy (non-hydrogen) atoms. The van der Waals surface area contributed by atoms with Crippen LogP contribution < -0.4 is 0 Å². The second-order valence-electron chi connectivity index (χ2n) is 9.24. The Labute approximate surface area is 169 Å². The van der Waals surface area contributed by atoms with E-state index in [1.807, 2.05) is 10.8 Å². The summed E-state index contributed by atoms with van der Waals surface area (Å²) in [5, 5.41) is 11.6. The fourth-order valence-electron chi connectivity index (χ4n) is 5.24. The fraction of sp³-hybridized carbons (Fsp3) is 0.750. The summed E-state index contributed by atoms with van der Waals surface area (Å²) in [6.07, 6.45) is 8.09. The summed E-state index contributed by atoms with van der Waals surface area (Å²) in [7, 11) is 3.49. The minimum absolute atomic E-state index is 0.0487. The van der Waals surface area contributed by atoms with E-state index in [0.29, 0.717) is 11.5 Å². The Morgan fingerprint density at radius 3 is 2.78 bits per heavy atom. The van der Waals surface area contributed by atoms with Gasteiger partial charge in [-0.25, -0.2) is 4.98 Å². The van der Waals surface area contributed by atoms with Gasteiger partial charge in [0.25, 0.3) is 5.69 Å². The van der Waals surface area contributed by atoms with E-state index in [0.717, 1.165) is 28.5 Å². The molecule has 0 bridgehead atoms. The molecule has 1 aliphatic heterocycles. The van der Waals surface area contributed by atoms with Gasteiger partial charge < -0.3 is 4.74 Å². The molecule has 0 radical (unpaired) electrons. The average Bonchev–Trinajstić information content (AvgIpc) is 3.25. The molecule has 4 rings (SSSR count). The van der Waals surface area contributed by atoms with Gasteiger partial charge in [-0.3, -0.25) is 10.1 Å². The maximum absolute atomic E-state index is 10.7. The minimum Gasteiger partial charge on any atom is -0.366 e. The molecule has 3 aliphatic rings. The first-order valence-corrected chi connectivity index (χ1v) is 12.2. The van der Waals surface area contributed by atoms with E-state index in [4.69, 9.17) is 4.74 Å². The van der Waals surface area contributed by atoms with Crippen molar-refractivity contribution in [2.45, 2.75) is 69.6 Å². The Kier molecular flexibility index (Phi) is 5.23. The number of hydrogen-bond acceptors (Lipinski definition) is 6. The monoisotopic (exact) mass is 408 g/mol. The maximum atomic E-state index is 10.7. The number of ether oxygens (including phenoxy) is 1. The van der Waals surface area contributed by atoms with Crippen LogP contribution in [-0.4, -0.2) is 27.4 Å². The topological polar surface area (TPSA) is 68.6 Å². The second kappa shape index (κ2) is 7.23. The molecule has 0 spiro atoms. The van der Waals surface area contributed by atoms with Crippen LogP contribution in [0.15, 0.2) is 23.4 Å². The molecule has 2 saturated carbocycles. The van der Waals surface area contributed by atoms with Gasteiger partial charge in [0.1, 0.15) is 11.2 Å². The molecule has 7 heteroatoms. The van der Waals surface area contributed by atoms with Crippen LogP contribution in [0.4, 0.5) is 5.69 Å². The van der Waals surface area contributed by atoms with Crippen molar-refractivity contribution in [1.29, 1.82) is 0 Å². The predicted octanol–water partition coefficient (Wildman–Crippen LogP) is 5.74. The molecule has 1 saturated heterocycles. The first kappa shape index (κ1) is 19.5. The standard InChI is InChI=1S/C20H28N2O3S2/c1-19(2)10-15-13(4-6-17-20(3,25-17)9-8-16(15)19)12-26-27-18-7-5-14(11-21-18)22(23)24/h5,7,11,13,15-17H,4,6,8-10,12H2,1-3H3/t13-,15+,16+,17+,20+/m0/s1. The van der Waals surface area contributed by atoms with Crippen molar-refractivity contribution in [3.63, 3.8) is 0 Å². The molecule has 0 amide bonds. The number of nitrogens with zero attached hydrogens (tertiary/aromatic N) is 2. The molecular weight excluding hydrogens is 380 g/mol. The Bertz CT molecular complexity index is 712. The Morgan fingerprint density at radius 2 is 2.11 bits per heavy atom. The highest BCUT2D eigenvalue weighted by atomic mass is 33.1. The Hall–Kier alpha value is -0.790. The van der Waals surface area contributed by atoms with E-state index in [-0.39, 0.29) is 11.3 Å². The number of epoxide rings is 1. The number of nitro groups is 1. The van der Waals surface area contributed by atoms with Gasteiger partial charge in [0.15, 0.2) is 0 Å². The molecule has 1 aromatic heterocycles. The summed E-state index contributed by atoms with van der Waals surface area (Å²) in [5.41, 5.74) is 0.661. The van der Waals surface area contributed by atoms with Crippen molar-refractivity contribution in [2.75, 3.05) is 5.75 Å². The van der Waals surface area contributed by atoms with Gasteiger partial charge in [0.2, 0.25) is 0 Å². The highest BCUT2D eigenvalue weighted by Crippen LogP contribution is 2.60. The minimum atomic E-state index is -0.404. The molecule has 1 aromatic rings. The lowest BCUT2D eigenvalue weighted by Gasteiger charge is -2.55. The van der Waals surface area contributed by atoms with Gasteiger partial charge in [0, 0.05) is 11.8 Å². The van der Waals surface area contributed by atoms with Crippen molar-refractivity contribution in [3.8, 4) is 0 Å². The largest absolute Gasteiger partial charge is 0.366 e. The van der Waals surface area contributed by atoms with E-state index < -0.39 is 4.92 Å². The zero-order chi connectivity index (χ0) is 19.2. The van der Waals surface area contributed by atoms with Crippen molar-refractivity contribution in [3.05, 3.63) is 28.4 Å². The summed E-state index contributed by atoms with van der Waals surface area (Å²) in [6, 6.07) is 3.28. The van der Waals surface area contributed by atoms with Crippen LogP contribution in [0.2, 0.25) is 0 Å². The van der Waals surface area contributed by atoms with Crippen molar-refractivity contribution in [1.82, 2.24) is 4.98 Å². The third-order valence-corrected chi connectivity index (χ3v) is 9.40. The summed E-state index contributed by atoms with van der Waals surface area (Å²) in [6.45, 7) is 7.16. The molecule has 5 atom stereocenters. The average molecular weight is 409 g/mol. The zero-order valence-electron chi connectivity index (χ0n) is 16.2. The van der Waals surface area contributed by atoms with Crippen LogP contribution in [0.1, 0.15) is 52.9 Å². The van der Waals surface area contributed by atoms with Gasteiger partial charge in [-0.05, 0) is 79.1 Å². The molecule has 2 heterocycles. The molecule has 0 aromatic carbocycles. The van der Waals surface area contributed by atoms with Crippen molar-refractivity contribution in [2.24, 2.45) is 23.2 Å². The summed E-state index contributed by atoms with van der Waals surface area (Å²) >= 11 is 0.